The summed E-state index contributed by atoms with van der Waals surface area (Å²) in [5.74, 6) is 1.15. The molecule has 0 spiro atoms. The molecule has 1 aliphatic rings. The van der Waals surface area contributed by atoms with Gasteiger partial charge in [0.1, 0.15) is 11.6 Å². The summed E-state index contributed by atoms with van der Waals surface area (Å²) >= 11 is 0. The predicted octanol–water partition coefficient (Wildman–Crippen LogP) is 3.02. The van der Waals surface area contributed by atoms with Crippen molar-refractivity contribution in [3.8, 4) is 5.75 Å². The Hall–Kier alpha value is -1.05. The normalized spacial score (nSPS) is 20.7. The molecular formula is C11H13FO. The zero-order valence-electron chi connectivity index (χ0n) is 7.93. The molecule has 1 aromatic carbocycles. The molecule has 0 saturated heterocycles. The van der Waals surface area contributed by atoms with Crippen molar-refractivity contribution in [1.29, 1.82) is 0 Å². The van der Waals surface area contributed by atoms with Crippen molar-refractivity contribution in [3.05, 3.63) is 29.1 Å². The minimum absolute atomic E-state index is 0.159. The highest BCUT2D eigenvalue weighted by atomic mass is 19.1. The van der Waals surface area contributed by atoms with E-state index in [1.54, 1.807) is 6.07 Å². The van der Waals surface area contributed by atoms with Gasteiger partial charge in [-0.25, -0.2) is 4.39 Å². The first-order valence-electron chi connectivity index (χ1n) is 4.61. The molecule has 0 aliphatic carbocycles. The molecule has 1 heterocycles. The quantitative estimate of drug-likeness (QED) is 0.596. The molecule has 0 amide bonds. The standard InChI is InChI=1S/C11H13FO/c1-7-3-4-13-11-8(2)5-9(12)6-10(7)11/h5-7H,3-4H2,1-2H3. The van der Waals surface area contributed by atoms with Gasteiger partial charge in [0.05, 0.1) is 6.61 Å². The van der Waals surface area contributed by atoms with Gasteiger partial charge in [-0.3, -0.25) is 0 Å². The lowest BCUT2D eigenvalue weighted by atomic mass is 9.93. The van der Waals surface area contributed by atoms with Gasteiger partial charge in [0.2, 0.25) is 0 Å². The van der Waals surface area contributed by atoms with Crippen LogP contribution >= 0.6 is 0 Å². The fraction of sp³-hybridized carbons (Fsp3) is 0.455. The minimum Gasteiger partial charge on any atom is -0.493 e. The van der Waals surface area contributed by atoms with E-state index in [1.807, 2.05) is 6.92 Å². The van der Waals surface area contributed by atoms with Crippen LogP contribution in [-0.2, 0) is 0 Å². The van der Waals surface area contributed by atoms with Crippen LogP contribution in [0.25, 0.3) is 0 Å². The molecular weight excluding hydrogens is 167 g/mol. The summed E-state index contributed by atoms with van der Waals surface area (Å²) in [5, 5.41) is 0. The van der Waals surface area contributed by atoms with E-state index in [2.05, 4.69) is 6.92 Å². The summed E-state index contributed by atoms with van der Waals surface area (Å²) < 4.78 is 18.6. The van der Waals surface area contributed by atoms with Gasteiger partial charge in [-0.1, -0.05) is 6.92 Å². The van der Waals surface area contributed by atoms with Crippen LogP contribution in [-0.4, -0.2) is 6.61 Å². The van der Waals surface area contributed by atoms with Crippen LogP contribution in [0.5, 0.6) is 5.75 Å². The fourth-order valence-electron chi connectivity index (χ4n) is 1.81. The molecule has 2 rings (SSSR count). The van der Waals surface area contributed by atoms with E-state index in [-0.39, 0.29) is 5.82 Å². The first-order chi connectivity index (χ1) is 6.18. The van der Waals surface area contributed by atoms with Gasteiger partial charge in [0.25, 0.3) is 0 Å². The molecule has 1 unspecified atom stereocenters. The second-order valence-electron chi connectivity index (χ2n) is 3.68. The molecule has 0 bridgehead atoms. The molecule has 0 aromatic heterocycles. The number of benzene rings is 1. The fourth-order valence-corrected chi connectivity index (χ4v) is 1.81. The summed E-state index contributed by atoms with van der Waals surface area (Å²) in [4.78, 5) is 0. The zero-order valence-corrected chi connectivity index (χ0v) is 7.93. The van der Waals surface area contributed by atoms with Gasteiger partial charge in [0, 0.05) is 5.56 Å². The van der Waals surface area contributed by atoms with Crippen molar-refractivity contribution in [1.82, 2.24) is 0 Å². The molecule has 0 N–H and O–H groups in total. The number of rotatable bonds is 0. The van der Waals surface area contributed by atoms with Crippen LogP contribution in [0.2, 0.25) is 0 Å². The average molecular weight is 180 g/mol. The SMILES string of the molecule is Cc1cc(F)cc2c1OCCC2C. The summed E-state index contributed by atoms with van der Waals surface area (Å²) in [6, 6.07) is 3.11. The second kappa shape index (κ2) is 3.02. The number of hydrogen-bond donors (Lipinski definition) is 0. The van der Waals surface area contributed by atoms with Crippen LogP contribution in [0.3, 0.4) is 0 Å². The third-order valence-electron chi connectivity index (χ3n) is 2.60. The van der Waals surface area contributed by atoms with Gasteiger partial charge < -0.3 is 4.74 Å². The van der Waals surface area contributed by atoms with Crippen LogP contribution < -0.4 is 4.74 Å². The third-order valence-corrected chi connectivity index (χ3v) is 2.60. The minimum atomic E-state index is -0.159. The highest BCUT2D eigenvalue weighted by molar-refractivity contribution is 5.44. The van der Waals surface area contributed by atoms with E-state index in [4.69, 9.17) is 4.74 Å². The smallest absolute Gasteiger partial charge is 0.125 e. The Morgan fingerprint density at radius 2 is 2.23 bits per heavy atom. The van der Waals surface area contributed by atoms with E-state index in [1.165, 1.54) is 6.07 Å². The van der Waals surface area contributed by atoms with Crippen molar-refractivity contribution in [2.45, 2.75) is 26.2 Å². The molecule has 1 aliphatic heterocycles. The van der Waals surface area contributed by atoms with Crippen molar-refractivity contribution < 1.29 is 9.13 Å². The molecule has 0 radical (unpaired) electrons. The number of halogens is 1. The number of ether oxygens (including phenoxy) is 1. The van der Waals surface area contributed by atoms with Crippen molar-refractivity contribution in [2.24, 2.45) is 0 Å². The van der Waals surface area contributed by atoms with Crippen LogP contribution in [0.4, 0.5) is 4.39 Å². The van der Waals surface area contributed by atoms with Crippen molar-refractivity contribution in [2.75, 3.05) is 6.61 Å². The number of hydrogen-bond acceptors (Lipinski definition) is 1. The van der Waals surface area contributed by atoms with Crippen LogP contribution in [0.1, 0.15) is 30.4 Å². The Kier molecular flexibility index (Phi) is 1.98. The maximum Gasteiger partial charge on any atom is 0.125 e. The molecule has 70 valence electrons. The Morgan fingerprint density at radius 1 is 1.46 bits per heavy atom. The van der Waals surface area contributed by atoms with Gasteiger partial charge >= 0.3 is 0 Å². The summed E-state index contributed by atoms with van der Waals surface area (Å²) in [5.41, 5.74) is 1.92. The lowest BCUT2D eigenvalue weighted by Crippen LogP contribution is -2.13. The topological polar surface area (TPSA) is 9.23 Å². The number of aryl methyl sites for hydroxylation is 1. The predicted molar refractivity (Wildman–Crippen MR) is 49.7 cm³/mol. The van der Waals surface area contributed by atoms with Crippen molar-refractivity contribution >= 4 is 0 Å². The largest absolute Gasteiger partial charge is 0.493 e. The maximum atomic E-state index is 13.1. The molecule has 13 heavy (non-hydrogen) atoms. The first-order valence-corrected chi connectivity index (χ1v) is 4.61. The highest BCUT2D eigenvalue weighted by Gasteiger charge is 2.19. The Bertz CT molecular complexity index is 333. The van der Waals surface area contributed by atoms with E-state index >= 15 is 0 Å². The summed E-state index contributed by atoms with van der Waals surface area (Å²) in [6.45, 7) is 4.75. The van der Waals surface area contributed by atoms with Crippen molar-refractivity contribution in [3.63, 3.8) is 0 Å². The van der Waals surface area contributed by atoms with E-state index in [0.29, 0.717) is 5.92 Å². The zero-order chi connectivity index (χ0) is 9.42. The van der Waals surface area contributed by atoms with Gasteiger partial charge in [0.15, 0.2) is 0 Å². The maximum absolute atomic E-state index is 13.1. The van der Waals surface area contributed by atoms with Gasteiger partial charge in [-0.05, 0) is 37.0 Å². The first kappa shape index (κ1) is 8.54. The molecule has 1 atom stereocenters. The second-order valence-corrected chi connectivity index (χ2v) is 3.68. The van der Waals surface area contributed by atoms with E-state index < -0.39 is 0 Å². The Balaban J connectivity index is 2.56. The summed E-state index contributed by atoms with van der Waals surface area (Å²) in [6.07, 6.45) is 0.982. The third kappa shape index (κ3) is 1.41. The monoisotopic (exact) mass is 180 g/mol. The highest BCUT2D eigenvalue weighted by Crippen LogP contribution is 2.36. The molecule has 0 fully saturated rings. The molecule has 1 nitrogen and oxygen atoms in total. The lowest BCUT2D eigenvalue weighted by Gasteiger charge is -2.24. The van der Waals surface area contributed by atoms with E-state index in [0.717, 1.165) is 29.9 Å². The van der Waals surface area contributed by atoms with Crippen LogP contribution in [0.15, 0.2) is 12.1 Å². The van der Waals surface area contributed by atoms with Gasteiger partial charge in [-0.2, -0.15) is 0 Å². The molecule has 2 heteroatoms. The molecule has 0 saturated carbocycles. The lowest BCUT2D eigenvalue weighted by molar-refractivity contribution is 0.269. The molecule has 1 aromatic rings. The average Bonchev–Trinajstić information content (AvgIpc) is 2.07. The Labute approximate surface area is 77.5 Å². The van der Waals surface area contributed by atoms with Crippen LogP contribution in [0, 0.1) is 12.7 Å². The Morgan fingerprint density at radius 3 is 3.00 bits per heavy atom. The van der Waals surface area contributed by atoms with Gasteiger partial charge in [-0.15, -0.1) is 0 Å². The summed E-state index contributed by atoms with van der Waals surface area (Å²) in [7, 11) is 0. The van der Waals surface area contributed by atoms with E-state index in [9.17, 15) is 4.39 Å². The number of fused-ring (bicyclic) bond motifs is 1.